The fourth-order valence-corrected chi connectivity index (χ4v) is 6.01. The summed E-state index contributed by atoms with van der Waals surface area (Å²) in [5, 5.41) is 0. The predicted molar refractivity (Wildman–Crippen MR) is 141 cm³/mol. The maximum absolute atomic E-state index is 6.55. The van der Waals surface area contributed by atoms with E-state index in [-0.39, 0.29) is 23.0 Å². The van der Waals surface area contributed by atoms with Crippen LogP contribution in [0.4, 0.5) is 0 Å². The van der Waals surface area contributed by atoms with Gasteiger partial charge in [0.2, 0.25) is 5.88 Å². The molecule has 6 rings (SSSR count). The lowest BCUT2D eigenvalue weighted by Crippen LogP contribution is -2.58. The minimum absolute atomic E-state index is 0.0547. The highest BCUT2D eigenvalue weighted by Crippen LogP contribution is 2.47. The van der Waals surface area contributed by atoms with E-state index in [0.29, 0.717) is 5.88 Å². The molecule has 0 atom stereocenters. The number of benzene rings is 2. The fourth-order valence-electron chi connectivity index (χ4n) is 6.01. The largest absolute Gasteiger partial charge is 0.458 e. The van der Waals surface area contributed by atoms with Crippen LogP contribution in [0.3, 0.4) is 0 Å². The third-order valence-corrected chi connectivity index (χ3v) is 8.31. The van der Waals surface area contributed by atoms with Gasteiger partial charge in [-0.2, -0.15) is 0 Å². The third-order valence-electron chi connectivity index (χ3n) is 8.31. The van der Waals surface area contributed by atoms with Crippen LogP contribution in [-0.2, 0) is 16.2 Å². The smallest absolute Gasteiger partial charge is 0.262 e. The van der Waals surface area contributed by atoms with Crippen LogP contribution >= 0.6 is 0 Å². The number of hydrogen-bond donors (Lipinski definition) is 0. The van der Waals surface area contributed by atoms with Crippen molar-refractivity contribution >= 4 is 23.1 Å². The van der Waals surface area contributed by atoms with Gasteiger partial charge >= 0.3 is 0 Å². The Hall–Kier alpha value is -2.75. The van der Waals surface area contributed by atoms with Crippen LogP contribution in [0.5, 0.6) is 23.1 Å². The quantitative estimate of drug-likeness (QED) is 0.281. The van der Waals surface area contributed by atoms with Gasteiger partial charge in [-0.15, -0.1) is 0 Å². The summed E-state index contributed by atoms with van der Waals surface area (Å²) in [5.41, 5.74) is 8.91. The average molecular weight is 451 g/mol. The van der Waals surface area contributed by atoms with Gasteiger partial charge in [0.05, 0.1) is 0 Å². The van der Waals surface area contributed by atoms with Crippen LogP contribution < -0.4 is 25.9 Å². The Morgan fingerprint density at radius 3 is 2.12 bits per heavy atom. The number of nitrogens with zero attached hydrogens (tertiary/aromatic N) is 1. The second-order valence-corrected chi connectivity index (χ2v) is 12.8. The Morgan fingerprint density at radius 1 is 0.794 bits per heavy atom. The van der Waals surface area contributed by atoms with E-state index in [0.717, 1.165) is 28.4 Å². The lowest BCUT2D eigenvalue weighted by atomic mass is 9.34. The Kier molecular flexibility index (Phi) is 4.28. The normalized spacial score (nSPS) is 18.6. The molecule has 4 heteroatoms. The Labute approximate surface area is 204 Å². The van der Waals surface area contributed by atoms with E-state index in [1.165, 1.54) is 40.5 Å². The van der Waals surface area contributed by atoms with Crippen LogP contribution in [0.1, 0.15) is 83.7 Å². The summed E-state index contributed by atoms with van der Waals surface area (Å²) in [4.78, 5) is 4.82. The van der Waals surface area contributed by atoms with Gasteiger partial charge in [0.25, 0.3) is 6.71 Å². The van der Waals surface area contributed by atoms with Gasteiger partial charge in [-0.05, 0) is 75.8 Å². The van der Waals surface area contributed by atoms with Crippen molar-refractivity contribution in [2.45, 2.75) is 84.5 Å². The van der Waals surface area contributed by atoms with Gasteiger partial charge in [-0.25, -0.2) is 4.98 Å². The molecule has 174 valence electrons. The van der Waals surface area contributed by atoms with Crippen LogP contribution in [0.15, 0.2) is 36.4 Å². The van der Waals surface area contributed by atoms with Crippen molar-refractivity contribution in [1.82, 2.24) is 4.98 Å². The molecule has 2 aliphatic heterocycles. The van der Waals surface area contributed by atoms with Crippen molar-refractivity contribution in [2.75, 3.05) is 0 Å². The van der Waals surface area contributed by atoms with Crippen molar-refractivity contribution in [3.8, 4) is 23.1 Å². The lowest BCUT2D eigenvalue weighted by Gasteiger charge is -2.43. The molecule has 2 aromatic carbocycles. The second kappa shape index (κ2) is 6.68. The molecule has 0 spiro atoms. The van der Waals surface area contributed by atoms with E-state index in [4.69, 9.17) is 14.5 Å². The van der Waals surface area contributed by atoms with E-state index in [1.807, 2.05) is 13.0 Å². The van der Waals surface area contributed by atoms with Gasteiger partial charge in [0.15, 0.2) is 0 Å². The van der Waals surface area contributed by atoms with Crippen molar-refractivity contribution in [1.29, 1.82) is 0 Å². The number of rotatable bonds is 0. The molecule has 0 saturated heterocycles. The molecule has 3 heterocycles. The topological polar surface area (TPSA) is 31.4 Å². The molecule has 3 aromatic rings. The van der Waals surface area contributed by atoms with Crippen molar-refractivity contribution in [3.05, 3.63) is 58.8 Å². The minimum atomic E-state index is 0.0547. The Bertz CT molecular complexity index is 1360. The van der Waals surface area contributed by atoms with Crippen LogP contribution in [-0.4, -0.2) is 11.7 Å². The molecule has 1 aromatic heterocycles. The number of aromatic nitrogens is 1. The van der Waals surface area contributed by atoms with E-state index < -0.39 is 0 Å². The molecule has 3 nitrogen and oxygen atoms in total. The Morgan fingerprint density at radius 2 is 1.44 bits per heavy atom. The van der Waals surface area contributed by atoms with E-state index in [9.17, 15) is 0 Å². The average Bonchev–Trinajstić information content (AvgIpc) is 2.74. The molecule has 34 heavy (non-hydrogen) atoms. The van der Waals surface area contributed by atoms with Crippen LogP contribution in [0.25, 0.3) is 0 Å². The molecule has 0 bridgehead atoms. The highest BCUT2D eigenvalue weighted by Gasteiger charge is 2.45. The SMILES string of the molecule is Cc1cc2c3c(n1)Oc1cc4c(cc1B3c1cc(C(C)(C)C)ccc1O2)C(C)(C)CCC4(C)C. The molecule has 0 N–H and O–H groups in total. The van der Waals surface area contributed by atoms with Gasteiger partial charge in [-0.1, -0.05) is 66.7 Å². The first-order valence-electron chi connectivity index (χ1n) is 12.6. The van der Waals surface area contributed by atoms with Gasteiger partial charge in [0.1, 0.15) is 17.2 Å². The molecule has 0 fully saturated rings. The van der Waals surface area contributed by atoms with Crippen LogP contribution in [0.2, 0.25) is 0 Å². The first-order chi connectivity index (χ1) is 15.8. The van der Waals surface area contributed by atoms with Crippen LogP contribution in [0, 0.1) is 6.92 Å². The van der Waals surface area contributed by atoms with Gasteiger partial charge in [0, 0.05) is 17.2 Å². The summed E-state index contributed by atoms with van der Waals surface area (Å²) in [5.74, 6) is 3.44. The highest BCUT2D eigenvalue weighted by atomic mass is 16.5. The zero-order valence-electron chi connectivity index (χ0n) is 21.7. The van der Waals surface area contributed by atoms with Crippen molar-refractivity contribution in [2.24, 2.45) is 0 Å². The predicted octanol–water partition coefficient (Wildman–Crippen LogP) is 5.76. The molecule has 0 unspecified atom stereocenters. The van der Waals surface area contributed by atoms with Gasteiger partial charge < -0.3 is 9.47 Å². The monoisotopic (exact) mass is 451 g/mol. The molecule has 0 saturated carbocycles. The zero-order valence-corrected chi connectivity index (χ0v) is 21.7. The first-order valence-corrected chi connectivity index (χ1v) is 12.6. The maximum Gasteiger partial charge on any atom is 0.262 e. The molecule has 3 aliphatic rings. The summed E-state index contributed by atoms with van der Waals surface area (Å²) >= 11 is 0. The standard InChI is InChI=1S/C30H34BNO2/c1-17-13-25-26-27(32-17)34-24-16-20-19(29(5,6)11-12-30(20,7)8)15-22(24)31(26)21-14-18(28(2,3)4)9-10-23(21)33-25/h9-10,13-16H,11-12H2,1-8H3. The highest BCUT2D eigenvalue weighted by molar-refractivity contribution is 6.98. The number of aryl methyl sites for hydroxylation is 1. The molecular weight excluding hydrogens is 417 g/mol. The molecule has 0 amide bonds. The second-order valence-electron chi connectivity index (χ2n) is 12.8. The number of hydrogen-bond acceptors (Lipinski definition) is 3. The molecule has 1 aliphatic carbocycles. The minimum Gasteiger partial charge on any atom is -0.458 e. The number of pyridine rings is 1. The fraction of sp³-hybridized carbons (Fsp3) is 0.433. The zero-order chi connectivity index (χ0) is 24.2. The summed E-state index contributed by atoms with van der Waals surface area (Å²) < 4.78 is 13.0. The van der Waals surface area contributed by atoms with E-state index in [1.54, 1.807) is 0 Å². The van der Waals surface area contributed by atoms with Crippen molar-refractivity contribution < 1.29 is 9.47 Å². The van der Waals surface area contributed by atoms with E-state index >= 15 is 0 Å². The number of ether oxygens (including phenoxy) is 2. The van der Waals surface area contributed by atoms with E-state index in [2.05, 4.69) is 78.8 Å². The summed E-state index contributed by atoms with van der Waals surface area (Å²) in [6.07, 6.45) is 2.37. The summed E-state index contributed by atoms with van der Waals surface area (Å²) in [7, 11) is 0. The lowest BCUT2D eigenvalue weighted by molar-refractivity contribution is 0.330. The van der Waals surface area contributed by atoms with Crippen molar-refractivity contribution in [3.63, 3.8) is 0 Å². The summed E-state index contributed by atoms with van der Waals surface area (Å²) in [6, 6.07) is 13.5. The number of fused-ring (bicyclic) bond motifs is 5. The maximum atomic E-state index is 6.55. The Balaban J connectivity index is 1.66. The first kappa shape index (κ1) is 21.8. The molecular formula is C30H34BNO2. The third kappa shape index (κ3) is 3.07. The molecule has 0 radical (unpaired) electrons. The van der Waals surface area contributed by atoms with Gasteiger partial charge in [-0.3, -0.25) is 0 Å². The summed E-state index contributed by atoms with van der Waals surface area (Å²) in [6.45, 7) is 18.4.